The highest BCUT2D eigenvalue weighted by molar-refractivity contribution is 7.91. The van der Waals surface area contributed by atoms with E-state index in [9.17, 15) is 22.8 Å². The van der Waals surface area contributed by atoms with Gasteiger partial charge in [-0.1, -0.05) is 48.9 Å². The van der Waals surface area contributed by atoms with Crippen LogP contribution in [0.3, 0.4) is 0 Å². The van der Waals surface area contributed by atoms with Crippen LogP contribution in [0.1, 0.15) is 51.4 Å². The van der Waals surface area contributed by atoms with Crippen molar-refractivity contribution in [3.63, 3.8) is 0 Å². The van der Waals surface area contributed by atoms with Crippen molar-refractivity contribution in [2.75, 3.05) is 27.3 Å². The number of hydrogen-bond donors (Lipinski definition) is 3. The predicted molar refractivity (Wildman–Crippen MR) is 185 cm³/mol. The standard InChI is InChI=1S/C36H43N5O7S/c1-41-19-10-5-3-4-9-13-25-23-36(25,34(43)40-49(45,46)27-15-16-27)39-33(42)29(38-35(41)44)18-20-48-32-22-30(24-11-7-6-8-12-24)37-31-21-26(47-2)14-17-28(31)32/h6-9,11-14,17,21-22,25,27,29H,3-5,10,15-16,18-20,23H2,1-2H3,(H,38,44)(H,39,42)(H,40,43)/b13-9-/t25-,29+,36-/m1/s1. The van der Waals surface area contributed by atoms with Gasteiger partial charge in [-0.2, -0.15) is 0 Å². The Morgan fingerprint density at radius 1 is 1.08 bits per heavy atom. The maximum absolute atomic E-state index is 13.9. The van der Waals surface area contributed by atoms with E-state index in [4.69, 9.17) is 14.5 Å². The zero-order valence-electron chi connectivity index (χ0n) is 27.8. The fourth-order valence-corrected chi connectivity index (χ4v) is 7.48. The lowest BCUT2D eigenvalue weighted by Crippen LogP contribution is -2.58. The molecule has 0 unspecified atom stereocenters. The summed E-state index contributed by atoms with van der Waals surface area (Å²) in [7, 11) is -0.571. The molecule has 3 atom stereocenters. The Morgan fingerprint density at radius 2 is 1.88 bits per heavy atom. The van der Waals surface area contributed by atoms with Crippen LogP contribution >= 0.6 is 0 Å². The normalized spacial score (nSPS) is 24.0. The molecule has 1 aliphatic heterocycles. The van der Waals surface area contributed by atoms with E-state index in [0.29, 0.717) is 42.1 Å². The smallest absolute Gasteiger partial charge is 0.317 e. The molecular weight excluding hydrogens is 646 g/mol. The van der Waals surface area contributed by atoms with Crippen LogP contribution in [0.15, 0.2) is 66.7 Å². The molecule has 2 fully saturated rings. The van der Waals surface area contributed by atoms with Crippen LogP contribution in [-0.2, 0) is 19.6 Å². The zero-order valence-corrected chi connectivity index (χ0v) is 28.6. The second kappa shape index (κ2) is 14.5. The van der Waals surface area contributed by atoms with Gasteiger partial charge < -0.3 is 25.0 Å². The van der Waals surface area contributed by atoms with E-state index in [1.54, 1.807) is 14.2 Å². The lowest BCUT2D eigenvalue weighted by molar-refractivity contribution is -0.130. The average molecular weight is 690 g/mol. The fourth-order valence-electron chi connectivity index (χ4n) is 6.11. The summed E-state index contributed by atoms with van der Waals surface area (Å²) in [5, 5.41) is 5.83. The number of sulfonamides is 1. The van der Waals surface area contributed by atoms with E-state index in [-0.39, 0.29) is 25.4 Å². The Kier molecular flexibility index (Phi) is 10.1. The number of ether oxygens (including phenoxy) is 2. The first-order chi connectivity index (χ1) is 23.6. The van der Waals surface area contributed by atoms with Crippen LogP contribution in [0.4, 0.5) is 4.79 Å². The van der Waals surface area contributed by atoms with E-state index in [0.717, 1.165) is 36.6 Å². The second-order valence-electron chi connectivity index (χ2n) is 13.0. The Balaban J connectivity index is 1.25. The lowest BCUT2D eigenvalue weighted by Gasteiger charge is -2.26. The molecule has 0 saturated heterocycles. The van der Waals surface area contributed by atoms with Gasteiger partial charge in [-0.15, -0.1) is 0 Å². The highest BCUT2D eigenvalue weighted by Crippen LogP contribution is 2.46. The minimum Gasteiger partial charge on any atom is -0.497 e. The predicted octanol–water partition coefficient (Wildman–Crippen LogP) is 4.30. The number of nitrogens with one attached hydrogen (secondary N) is 3. The molecule has 3 aliphatic rings. The topological polar surface area (TPSA) is 156 Å². The summed E-state index contributed by atoms with van der Waals surface area (Å²) < 4.78 is 39.3. The number of aromatic nitrogens is 1. The van der Waals surface area contributed by atoms with Gasteiger partial charge in [0.2, 0.25) is 15.9 Å². The Hall–Kier alpha value is -4.65. The van der Waals surface area contributed by atoms with Crippen LogP contribution in [-0.4, -0.2) is 80.3 Å². The molecule has 0 radical (unpaired) electrons. The third-order valence-electron chi connectivity index (χ3n) is 9.37. The van der Waals surface area contributed by atoms with Crippen molar-refractivity contribution in [1.82, 2.24) is 25.2 Å². The highest BCUT2D eigenvalue weighted by atomic mass is 32.2. The monoisotopic (exact) mass is 689 g/mol. The molecule has 2 aromatic carbocycles. The Bertz CT molecular complexity index is 1850. The number of rotatable bonds is 9. The van der Waals surface area contributed by atoms with E-state index in [1.165, 1.54) is 4.90 Å². The second-order valence-corrected chi connectivity index (χ2v) is 15.0. The number of pyridine rings is 1. The summed E-state index contributed by atoms with van der Waals surface area (Å²) in [5.41, 5.74) is 0.823. The van der Waals surface area contributed by atoms with E-state index in [1.807, 2.05) is 66.7 Å². The van der Waals surface area contributed by atoms with Crippen LogP contribution in [0, 0.1) is 5.92 Å². The minimum absolute atomic E-state index is 0.0417. The summed E-state index contributed by atoms with van der Waals surface area (Å²) in [6.07, 6.45) is 8.60. The molecule has 4 amide bonds. The van der Waals surface area contributed by atoms with E-state index in [2.05, 4.69) is 15.4 Å². The zero-order chi connectivity index (χ0) is 34.6. The van der Waals surface area contributed by atoms with Crippen LogP contribution < -0.4 is 24.8 Å². The number of nitrogens with zero attached hydrogens (tertiary/aromatic N) is 2. The van der Waals surface area contributed by atoms with Gasteiger partial charge in [-0.05, 0) is 50.7 Å². The molecule has 12 nitrogen and oxygen atoms in total. The third-order valence-corrected chi connectivity index (χ3v) is 11.2. The van der Waals surface area contributed by atoms with E-state index < -0.39 is 44.7 Å². The molecule has 2 heterocycles. The van der Waals surface area contributed by atoms with Crippen molar-refractivity contribution in [3.8, 4) is 22.8 Å². The average Bonchev–Trinajstić information content (AvgIpc) is 4.03. The van der Waals surface area contributed by atoms with Crippen molar-refractivity contribution in [3.05, 3.63) is 66.7 Å². The molecule has 13 heteroatoms. The quantitative estimate of drug-likeness (QED) is 0.281. The Morgan fingerprint density at radius 3 is 2.63 bits per heavy atom. The summed E-state index contributed by atoms with van der Waals surface area (Å²) in [5.74, 6) is -0.531. The number of urea groups is 1. The van der Waals surface area contributed by atoms with Gasteiger partial charge in [0.15, 0.2) is 0 Å². The molecule has 2 aliphatic carbocycles. The van der Waals surface area contributed by atoms with Crippen molar-refractivity contribution >= 4 is 38.8 Å². The number of allylic oxidation sites excluding steroid dienone is 1. The first-order valence-electron chi connectivity index (χ1n) is 16.8. The number of hydrogen-bond acceptors (Lipinski definition) is 8. The molecule has 2 saturated carbocycles. The van der Waals surface area contributed by atoms with Gasteiger partial charge in [0.05, 0.1) is 30.2 Å². The highest BCUT2D eigenvalue weighted by Gasteiger charge is 2.61. The molecule has 3 aromatic rings. The maximum Gasteiger partial charge on any atom is 0.317 e. The van der Waals surface area contributed by atoms with Gasteiger partial charge in [0.1, 0.15) is 23.1 Å². The largest absolute Gasteiger partial charge is 0.497 e. The molecule has 0 spiro atoms. The molecule has 3 N–H and O–H groups in total. The number of carbonyl (C=O) groups is 3. The number of methoxy groups -OCH3 is 1. The molecule has 1 aromatic heterocycles. The van der Waals surface area contributed by atoms with Gasteiger partial charge in [-0.3, -0.25) is 14.3 Å². The van der Waals surface area contributed by atoms with Crippen molar-refractivity contribution in [2.24, 2.45) is 5.92 Å². The number of fused-ring (bicyclic) bond motifs is 2. The SMILES string of the molecule is COc1ccc2c(OCC[C@@H]3NC(=O)N(C)CCCCC/C=C\[C@@H]4C[C@@]4(C(=O)NS(=O)(=O)C4CC4)NC3=O)cc(-c3ccccc3)nc2c1. The number of amides is 4. The summed E-state index contributed by atoms with van der Waals surface area (Å²) in [6, 6.07) is 15.5. The van der Waals surface area contributed by atoms with Gasteiger partial charge in [-0.25, -0.2) is 18.2 Å². The van der Waals surface area contributed by atoms with Crippen molar-refractivity contribution < 1.29 is 32.3 Å². The molecular formula is C36H43N5O7S. The van der Waals surface area contributed by atoms with Crippen molar-refractivity contribution in [2.45, 2.75) is 68.2 Å². The van der Waals surface area contributed by atoms with Crippen LogP contribution in [0.25, 0.3) is 22.2 Å². The van der Waals surface area contributed by atoms with Gasteiger partial charge in [0, 0.05) is 49.0 Å². The molecule has 0 bridgehead atoms. The number of benzene rings is 2. The van der Waals surface area contributed by atoms with Crippen LogP contribution in [0.2, 0.25) is 0 Å². The van der Waals surface area contributed by atoms with E-state index >= 15 is 0 Å². The number of carbonyl (C=O) groups excluding carboxylic acids is 3. The fraction of sp³-hybridized carbons (Fsp3) is 0.444. The van der Waals surface area contributed by atoms with Crippen molar-refractivity contribution in [1.29, 1.82) is 0 Å². The maximum atomic E-state index is 13.9. The summed E-state index contributed by atoms with van der Waals surface area (Å²) in [4.78, 5) is 47.1. The first-order valence-corrected chi connectivity index (χ1v) is 18.4. The third kappa shape index (κ3) is 7.98. The lowest BCUT2D eigenvalue weighted by atomic mass is 10.1. The Labute approximate surface area is 286 Å². The first kappa shape index (κ1) is 34.2. The summed E-state index contributed by atoms with van der Waals surface area (Å²) >= 11 is 0. The minimum atomic E-state index is -3.84. The van der Waals surface area contributed by atoms with Gasteiger partial charge >= 0.3 is 6.03 Å². The molecule has 49 heavy (non-hydrogen) atoms. The molecule has 260 valence electrons. The van der Waals surface area contributed by atoms with Crippen LogP contribution in [0.5, 0.6) is 11.5 Å². The van der Waals surface area contributed by atoms with Gasteiger partial charge in [0.25, 0.3) is 5.91 Å². The molecule has 6 rings (SSSR count). The summed E-state index contributed by atoms with van der Waals surface area (Å²) in [6.45, 7) is 0.559.